The first kappa shape index (κ1) is 27.3. The molecule has 0 aliphatic heterocycles. The molecule has 0 radical (unpaired) electrons. The van der Waals surface area contributed by atoms with Gasteiger partial charge in [0.2, 0.25) is 11.8 Å². The molecule has 0 heterocycles. The van der Waals surface area contributed by atoms with E-state index in [4.69, 9.17) is 0 Å². The van der Waals surface area contributed by atoms with E-state index in [1.165, 1.54) is 23.7 Å². The third kappa shape index (κ3) is 6.47. The lowest BCUT2D eigenvalue weighted by molar-refractivity contribution is -0.139. The second-order valence-electron chi connectivity index (χ2n) is 8.32. The summed E-state index contributed by atoms with van der Waals surface area (Å²) in [6.07, 6.45) is 1.91. The Balaban J connectivity index is 2.01. The molecule has 1 atom stereocenters. The summed E-state index contributed by atoms with van der Waals surface area (Å²) in [4.78, 5) is 28.6. The average Bonchev–Trinajstić information content (AvgIpc) is 2.90. The highest BCUT2D eigenvalue weighted by Gasteiger charge is 2.32. The van der Waals surface area contributed by atoms with Crippen LogP contribution in [0.1, 0.15) is 18.1 Å². The summed E-state index contributed by atoms with van der Waals surface area (Å²) in [5.74, 6) is -0.823. The normalized spacial score (nSPS) is 12.0. The monoisotopic (exact) mass is 525 g/mol. The molecular weight excluding hydrogens is 494 g/mol. The van der Waals surface area contributed by atoms with Gasteiger partial charge in [-0.25, -0.2) is 8.42 Å². The Kier molecular flexibility index (Phi) is 9.17. The number of aryl methyl sites for hydroxylation is 1. The summed E-state index contributed by atoms with van der Waals surface area (Å²) >= 11 is 1.51. The number of anilines is 1. The van der Waals surface area contributed by atoms with Crippen LogP contribution < -0.4 is 9.62 Å². The number of benzene rings is 3. The largest absolute Gasteiger partial charge is 0.357 e. The van der Waals surface area contributed by atoms with E-state index in [0.717, 1.165) is 20.3 Å². The van der Waals surface area contributed by atoms with Crippen molar-refractivity contribution >= 4 is 39.3 Å². The van der Waals surface area contributed by atoms with Crippen molar-refractivity contribution < 1.29 is 18.0 Å². The minimum Gasteiger partial charge on any atom is -0.357 e. The van der Waals surface area contributed by atoms with Crippen LogP contribution in [0.5, 0.6) is 0 Å². The quantitative estimate of drug-likeness (QED) is 0.403. The summed E-state index contributed by atoms with van der Waals surface area (Å²) in [5.41, 5.74) is 2.17. The molecule has 0 fully saturated rings. The van der Waals surface area contributed by atoms with E-state index in [9.17, 15) is 18.0 Å². The molecule has 0 bridgehead atoms. The summed E-state index contributed by atoms with van der Waals surface area (Å²) < 4.78 is 28.6. The van der Waals surface area contributed by atoms with Gasteiger partial charge in [0.15, 0.2) is 0 Å². The number of carbonyl (C=O) groups is 2. The smallest absolute Gasteiger partial charge is 0.264 e. The number of thioether (sulfide) groups is 1. The minimum atomic E-state index is -4.07. The van der Waals surface area contributed by atoms with Crippen LogP contribution in [-0.2, 0) is 26.2 Å². The van der Waals surface area contributed by atoms with Gasteiger partial charge in [-0.05, 0) is 62.1 Å². The van der Waals surface area contributed by atoms with E-state index >= 15 is 0 Å². The summed E-state index contributed by atoms with van der Waals surface area (Å²) in [7, 11) is -2.56. The summed E-state index contributed by atoms with van der Waals surface area (Å²) in [5, 5.41) is 2.58. The minimum absolute atomic E-state index is 0.0858. The van der Waals surface area contributed by atoms with Crippen molar-refractivity contribution in [3.63, 3.8) is 0 Å². The van der Waals surface area contributed by atoms with E-state index in [1.54, 1.807) is 55.5 Å². The van der Waals surface area contributed by atoms with Crippen molar-refractivity contribution in [2.24, 2.45) is 0 Å². The maximum Gasteiger partial charge on any atom is 0.264 e. The van der Waals surface area contributed by atoms with Crippen LogP contribution in [0.25, 0.3) is 0 Å². The molecule has 1 N–H and O–H groups in total. The van der Waals surface area contributed by atoms with Crippen molar-refractivity contribution in [1.29, 1.82) is 0 Å². The predicted octanol–water partition coefficient (Wildman–Crippen LogP) is 4.08. The summed E-state index contributed by atoms with van der Waals surface area (Å²) in [6.45, 7) is 3.25. The highest BCUT2D eigenvalue weighted by atomic mass is 32.2. The van der Waals surface area contributed by atoms with Crippen molar-refractivity contribution in [2.45, 2.75) is 36.2 Å². The van der Waals surface area contributed by atoms with Crippen molar-refractivity contribution in [1.82, 2.24) is 10.2 Å². The lowest BCUT2D eigenvalue weighted by Crippen LogP contribution is -2.50. The molecule has 7 nitrogen and oxygen atoms in total. The van der Waals surface area contributed by atoms with Gasteiger partial charge >= 0.3 is 0 Å². The fourth-order valence-electron chi connectivity index (χ4n) is 3.69. The Bertz CT molecular complexity index is 1280. The molecule has 36 heavy (non-hydrogen) atoms. The van der Waals surface area contributed by atoms with Crippen LogP contribution in [-0.4, -0.2) is 51.0 Å². The zero-order valence-electron chi connectivity index (χ0n) is 20.8. The van der Waals surface area contributed by atoms with Gasteiger partial charge in [-0.3, -0.25) is 13.9 Å². The van der Waals surface area contributed by atoms with E-state index in [-0.39, 0.29) is 17.3 Å². The van der Waals surface area contributed by atoms with Gasteiger partial charge in [-0.2, -0.15) is 0 Å². The first-order chi connectivity index (χ1) is 17.2. The SMILES string of the molecule is CNC(=O)C(C)N(Cc1ccccc1)C(=O)CN(c1ccc(C)cc1)S(=O)(=O)c1ccc(SC)cc1. The average molecular weight is 526 g/mol. The van der Waals surface area contributed by atoms with Crippen molar-refractivity contribution in [3.8, 4) is 0 Å². The molecule has 0 aliphatic rings. The third-order valence-corrected chi connectivity index (χ3v) is 8.39. The van der Waals surface area contributed by atoms with E-state index in [0.29, 0.717) is 5.69 Å². The van der Waals surface area contributed by atoms with Crippen molar-refractivity contribution in [3.05, 3.63) is 90.0 Å². The lowest BCUT2D eigenvalue weighted by Gasteiger charge is -2.31. The number of amides is 2. The zero-order valence-corrected chi connectivity index (χ0v) is 22.5. The molecule has 3 rings (SSSR count). The molecule has 3 aromatic carbocycles. The Labute approximate surface area is 217 Å². The van der Waals surface area contributed by atoms with Crippen LogP contribution in [0.3, 0.4) is 0 Å². The molecule has 2 amide bonds. The number of hydrogen-bond acceptors (Lipinski definition) is 5. The number of nitrogens with zero attached hydrogens (tertiary/aromatic N) is 2. The zero-order chi connectivity index (χ0) is 26.3. The Morgan fingerprint density at radius 1 is 0.944 bits per heavy atom. The maximum atomic E-state index is 13.8. The van der Waals surface area contributed by atoms with Gasteiger partial charge in [0, 0.05) is 18.5 Å². The van der Waals surface area contributed by atoms with Crippen molar-refractivity contribution in [2.75, 3.05) is 24.2 Å². The van der Waals surface area contributed by atoms with Gasteiger partial charge in [0.1, 0.15) is 12.6 Å². The molecule has 0 aromatic heterocycles. The fourth-order valence-corrected chi connectivity index (χ4v) is 5.51. The highest BCUT2D eigenvalue weighted by Crippen LogP contribution is 2.26. The van der Waals surface area contributed by atoms with Crippen LogP contribution in [0.4, 0.5) is 5.69 Å². The first-order valence-electron chi connectivity index (χ1n) is 11.5. The molecule has 9 heteroatoms. The molecule has 3 aromatic rings. The number of rotatable bonds is 10. The maximum absolute atomic E-state index is 13.8. The fraction of sp³-hybridized carbons (Fsp3) is 0.259. The van der Waals surface area contributed by atoms with Gasteiger partial charge in [-0.1, -0.05) is 48.0 Å². The van der Waals surface area contributed by atoms with Crippen LogP contribution in [0.2, 0.25) is 0 Å². The van der Waals surface area contributed by atoms with Crippen LogP contribution >= 0.6 is 11.8 Å². The van der Waals surface area contributed by atoms with Crippen LogP contribution in [0, 0.1) is 6.92 Å². The molecular formula is C27H31N3O4S2. The van der Waals surface area contributed by atoms with Gasteiger partial charge in [0.05, 0.1) is 10.6 Å². The van der Waals surface area contributed by atoms with Gasteiger partial charge in [-0.15, -0.1) is 11.8 Å². The lowest BCUT2D eigenvalue weighted by atomic mass is 10.1. The Morgan fingerprint density at radius 2 is 1.56 bits per heavy atom. The second kappa shape index (κ2) is 12.1. The number of carbonyl (C=O) groups excluding carboxylic acids is 2. The van der Waals surface area contributed by atoms with Gasteiger partial charge < -0.3 is 10.2 Å². The predicted molar refractivity (Wildman–Crippen MR) is 144 cm³/mol. The molecule has 0 saturated heterocycles. The van der Waals surface area contributed by atoms with Gasteiger partial charge in [0.25, 0.3) is 10.0 Å². The van der Waals surface area contributed by atoms with E-state index < -0.39 is 28.5 Å². The third-order valence-electron chi connectivity index (χ3n) is 5.86. The highest BCUT2D eigenvalue weighted by molar-refractivity contribution is 7.98. The first-order valence-corrected chi connectivity index (χ1v) is 14.1. The second-order valence-corrected chi connectivity index (χ2v) is 11.1. The number of likely N-dealkylation sites (N-methyl/N-ethyl adjacent to an activating group) is 1. The molecule has 0 saturated carbocycles. The van der Waals surface area contributed by atoms with E-state index in [2.05, 4.69) is 5.32 Å². The molecule has 190 valence electrons. The van der Waals surface area contributed by atoms with Crippen LogP contribution in [0.15, 0.2) is 88.7 Å². The number of nitrogens with one attached hydrogen (secondary N) is 1. The number of sulfonamides is 1. The van der Waals surface area contributed by atoms with E-state index in [1.807, 2.05) is 43.5 Å². The molecule has 1 unspecified atom stereocenters. The molecule has 0 spiro atoms. The molecule has 0 aliphatic carbocycles. The number of hydrogen-bond donors (Lipinski definition) is 1. The summed E-state index contributed by atoms with van der Waals surface area (Å²) in [6, 6.07) is 22.0. The standard InChI is InChI=1S/C27H31N3O4S2/c1-20-10-12-23(13-11-20)30(36(33,34)25-16-14-24(35-4)15-17-25)19-26(31)29(21(2)27(32)28-3)18-22-8-6-5-7-9-22/h5-17,21H,18-19H2,1-4H3,(H,28,32). The topological polar surface area (TPSA) is 86.8 Å². The Morgan fingerprint density at radius 3 is 2.11 bits per heavy atom. The Hall–Kier alpha value is -3.30.